The zero-order chi connectivity index (χ0) is 14.4. The van der Waals surface area contributed by atoms with E-state index < -0.39 is 12.0 Å². The Labute approximate surface area is 111 Å². The van der Waals surface area contributed by atoms with Gasteiger partial charge in [-0.2, -0.15) is 0 Å². The van der Waals surface area contributed by atoms with Gasteiger partial charge in [0, 0.05) is 18.6 Å². The van der Waals surface area contributed by atoms with Crippen molar-refractivity contribution >= 4 is 11.9 Å². The van der Waals surface area contributed by atoms with E-state index in [9.17, 15) is 9.59 Å². The van der Waals surface area contributed by atoms with Crippen LogP contribution < -0.4 is 14.8 Å². The van der Waals surface area contributed by atoms with Gasteiger partial charge in [0.05, 0.1) is 26.7 Å². The summed E-state index contributed by atoms with van der Waals surface area (Å²) in [5.74, 6) is -0.238. The number of hydrogen-bond donors (Lipinski definition) is 2. The van der Waals surface area contributed by atoms with Crippen molar-refractivity contribution in [3.63, 3.8) is 0 Å². The maximum Gasteiger partial charge on any atom is 0.305 e. The van der Waals surface area contributed by atoms with E-state index >= 15 is 0 Å². The quantitative estimate of drug-likeness (QED) is 0.812. The summed E-state index contributed by atoms with van der Waals surface area (Å²) in [7, 11) is 3.00. The van der Waals surface area contributed by atoms with Crippen LogP contribution in [0.15, 0.2) is 18.2 Å². The van der Waals surface area contributed by atoms with Crippen LogP contribution in [0.3, 0.4) is 0 Å². The number of ether oxygens (including phenoxy) is 2. The smallest absolute Gasteiger partial charge is 0.305 e. The molecule has 1 unspecified atom stereocenters. The molecular formula is C13H17NO5. The summed E-state index contributed by atoms with van der Waals surface area (Å²) in [5, 5.41) is 11.5. The van der Waals surface area contributed by atoms with Gasteiger partial charge in [-0.1, -0.05) is 0 Å². The zero-order valence-electron chi connectivity index (χ0n) is 11.1. The average Bonchev–Trinajstić information content (AvgIpc) is 2.36. The van der Waals surface area contributed by atoms with E-state index in [1.807, 2.05) is 0 Å². The van der Waals surface area contributed by atoms with Crippen LogP contribution in [0.1, 0.15) is 24.9 Å². The molecule has 1 rings (SSSR count). The highest BCUT2D eigenvalue weighted by atomic mass is 16.5. The van der Waals surface area contributed by atoms with Crippen molar-refractivity contribution in [2.24, 2.45) is 0 Å². The number of rotatable bonds is 6. The Morgan fingerprint density at radius 2 is 2.00 bits per heavy atom. The molecule has 0 aromatic heterocycles. The molecule has 0 aliphatic rings. The number of carboxylic acid groups (broad SMARTS) is 1. The monoisotopic (exact) mass is 267 g/mol. The molecule has 0 saturated carbocycles. The van der Waals surface area contributed by atoms with Crippen LogP contribution in [0, 0.1) is 0 Å². The Hall–Kier alpha value is -2.24. The van der Waals surface area contributed by atoms with Crippen LogP contribution in [0.4, 0.5) is 0 Å². The molecule has 1 atom stereocenters. The highest BCUT2D eigenvalue weighted by Gasteiger charge is 2.20. The molecule has 0 fully saturated rings. The summed E-state index contributed by atoms with van der Waals surface area (Å²) >= 11 is 0. The maximum absolute atomic E-state index is 11.2. The first kappa shape index (κ1) is 14.8. The molecule has 6 nitrogen and oxygen atoms in total. The SMILES string of the molecule is COc1ccc(C(CC(=O)O)NC(C)=O)c(OC)c1. The number of hydrogen-bond acceptors (Lipinski definition) is 4. The van der Waals surface area contributed by atoms with Crippen LogP contribution in [-0.2, 0) is 9.59 Å². The summed E-state index contributed by atoms with van der Waals surface area (Å²) in [6, 6.07) is 4.37. The van der Waals surface area contributed by atoms with Gasteiger partial charge in [-0.15, -0.1) is 0 Å². The molecule has 2 N–H and O–H groups in total. The fourth-order valence-electron chi connectivity index (χ4n) is 1.77. The minimum Gasteiger partial charge on any atom is -0.497 e. The number of nitrogens with one attached hydrogen (secondary N) is 1. The second-order valence-electron chi connectivity index (χ2n) is 3.96. The second kappa shape index (κ2) is 6.63. The number of aliphatic carboxylic acids is 1. The van der Waals surface area contributed by atoms with Gasteiger partial charge in [0.15, 0.2) is 0 Å². The molecule has 0 aliphatic carbocycles. The van der Waals surface area contributed by atoms with Gasteiger partial charge in [-0.05, 0) is 12.1 Å². The molecule has 0 aliphatic heterocycles. The van der Waals surface area contributed by atoms with Gasteiger partial charge in [0.1, 0.15) is 11.5 Å². The molecule has 0 spiro atoms. The van der Waals surface area contributed by atoms with Gasteiger partial charge in [0.2, 0.25) is 5.91 Å². The first-order chi connectivity index (χ1) is 8.97. The third-order valence-electron chi connectivity index (χ3n) is 2.57. The van der Waals surface area contributed by atoms with Crippen molar-refractivity contribution in [1.29, 1.82) is 0 Å². The van der Waals surface area contributed by atoms with Gasteiger partial charge in [-0.25, -0.2) is 0 Å². The predicted octanol–water partition coefficient (Wildman–Crippen LogP) is 1.36. The fraction of sp³-hybridized carbons (Fsp3) is 0.385. The van der Waals surface area contributed by atoms with E-state index in [4.69, 9.17) is 14.6 Å². The van der Waals surface area contributed by atoms with Crippen molar-refractivity contribution < 1.29 is 24.2 Å². The van der Waals surface area contributed by atoms with Crippen molar-refractivity contribution in [3.8, 4) is 11.5 Å². The number of carbonyl (C=O) groups is 2. The number of carboxylic acids is 1. The van der Waals surface area contributed by atoms with Crippen molar-refractivity contribution in [2.45, 2.75) is 19.4 Å². The highest BCUT2D eigenvalue weighted by Crippen LogP contribution is 2.31. The summed E-state index contributed by atoms with van der Waals surface area (Å²) in [4.78, 5) is 22.0. The van der Waals surface area contributed by atoms with E-state index in [1.54, 1.807) is 18.2 Å². The lowest BCUT2D eigenvalue weighted by atomic mass is 10.0. The van der Waals surface area contributed by atoms with Gasteiger partial charge >= 0.3 is 5.97 Å². The lowest BCUT2D eigenvalue weighted by Crippen LogP contribution is -2.28. The molecule has 104 valence electrons. The predicted molar refractivity (Wildman–Crippen MR) is 68.4 cm³/mol. The topological polar surface area (TPSA) is 84.9 Å². The summed E-state index contributed by atoms with van der Waals surface area (Å²) in [6.07, 6.45) is -0.220. The first-order valence-corrected chi connectivity index (χ1v) is 5.68. The van der Waals surface area contributed by atoms with Gasteiger partial charge in [0.25, 0.3) is 0 Å². The Morgan fingerprint density at radius 3 is 2.47 bits per heavy atom. The zero-order valence-corrected chi connectivity index (χ0v) is 11.1. The average molecular weight is 267 g/mol. The largest absolute Gasteiger partial charge is 0.497 e. The van der Waals surface area contributed by atoms with E-state index in [0.717, 1.165) is 0 Å². The van der Waals surface area contributed by atoms with Crippen LogP contribution in [0.5, 0.6) is 11.5 Å². The second-order valence-corrected chi connectivity index (χ2v) is 3.96. The third kappa shape index (κ3) is 4.17. The summed E-state index contributed by atoms with van der Waals surface area (Å²) < 4.78 is 10.3. The Bertz CT molecular complexity index is 456. The van der Waals surface area contributed by atoms with Crippen LogP contribution in [-0.4, -0.2) is 31.2 Å². The minimum atomic E-state index is -1.00. The summed E-state index contributed by atoms with van der Waals surface area (Å²) in [6.45, 7) is 1.34. The molecular weight excluding hydrogens is 250 g/mol. The number of methoxy groups -OCH3 is 2. The minimum absolute atomic E-state index is 0.220. The number of benzene rings is 1. The number of carbonyl (C=O) groups excluding carboxylic acids is 1. The first-order valence-electron chi connectivity index (χ1n) is 5.68. The van der Waals surface area contributed by atoms with E-state index in [-0.39, 0.29) is 12.3 Å². The van der Waals surface area contributed by atoms with Crippen LogP contribution in [0.25, 0.3) is 0 Å². The summed E-state index contributed by atoms with van der Waals surface area (Å²) in [5.41, 5.74) is 0.598. The Balaban J connectivity index is 3.12. The molecule has 1 aromatic rings. The molecule has 0 heterocycles. The molecule has 0 saturated heterocycles. The highest BCUT2D eigenvalue weighted by molar-refractivity contribution is 5.75. The lowest BCUT2D eigenvalue weighted by Gasteiger charge is -2.19. The molecule has 1 aromatic carbocycles. The van der Waals surface area contributed by atoms with Crippen LogP contribution in [0.2, 0.25) is 0 Å². The molecule has 0 bridgehead atoms. The van der Waals surface area contributed by atoms with Gasteiger partial charge in [-0.3, -0.25) is 9.59 Å². The van der Waals surface area contributed by atoms with Crippen molar-refractivity contribution in [3.05, 3.63) is 23.8 Å². The lowest BCUT2D eigenvalue weighted by molar-refractivity contribution is -0.137. The standard InChI is InChI=1S/C13H17NO5/c1-8(15)14-11(7-13(16)17)10-5-4-9(18-2)6-12(10)19-3/h4-6,11H,7H2,1-3H3,(H,14,15)(H,16,17). The van der Waals surface area contributed by atoms with Gasteiger partial charge < -0.3 is 19.9 Å². The fourth-order valence-corrected chi connectivity index (χ4v) is 1.77. The normalized spacial score (nSPS) is 11.5. The Kier molecular flexibility index (Phi) is 5.17. The van der Waals surface area contributed by atoms with E-state index in [1.165, 1.54) is 21.1 Å². The van der Waals surface area contributed by atoms with Crippen molar-refractivity contribution in [1.82, 2.24) is 5.32 Å². The Morgan fingerprint density at radius 1 is 1.32 bits per heavy atom. The molecule has 1 amide bonds. The molecule has 19 heavy (non-hydrogen) atoms. The van der Waals surface area contributed by atoms with Crippen LogP contribution >= 0.6 is 0 Å². The van der Waals surface area contributed by atoms with E-state index in [0.29, 0.717) is 17.1 Å². The third-order valence-corrected chi connectivity index (χ3v) is 2.57. The number of amides is 1. The maximum atomic E-state index is 11.2. The molecule has 0 radical (unpaired) electrons. The molecule has 6 heteroatoms. The van der Waals surface area contributed by atoms with Crippen molar-refractivity contribution in [2.75, 3.05) is 14.2 Å². The van der Waals surface area contributed by atoms with E-state index in [2.05, 4.69) is 5.32 Å².